The first kappa shape index (κ1) is 16.6. The van der Waals surface area contributed by atoms with Gasteiger partial charge in [0.25, 0.3) is 0 Å². The van der Waals surface area contributed by atoms with Crippen molar-refractivity contribution in [2.45, 2.75) is 6.42 Å². The molecule has 1 aromatic carbocycles. The molecule has 0 radical (unpaired) electrons. The third-order valence-corrected chi connectivity index (χ3v) is 2.96. The van der Waals surface area contributed by atoms with E-state index in [9.17, 15) is 4.79 Å². The Kier molecular flexibility index (Phi) is 8.62. The fourth-order valence-electron chi connectivity index (χ4n) is 1.82. The summed E-state index contributed by atoms with van der Waals surface area (Å²) in [5.74, 6) is -0.219. The van der Waals surface area contributed by atoms with Gasteiger partial charge < -0.3 is 20.5 Å². The number of carbonyl (C=O) groups is 1. The summed E-state index contributed by atoms with van der Waals surface area (Å²) in [5, 5.41) is 2.85. The quantitative estimate of drug-likeness (QED) is 0.615. The van der Waals surface area contributed by atoms with Crippen LogP contribution >= 0.6 is 0 Å². The average Bonchev–Trinajstić information content (AvgIpc) is 2.49. The third kappa shape index (κ3) is 6.65. The molecule has 0 aliphatic carbocycles. The molecule has 1 aromatic rings. The molecule has 1 atom stereocenters. The molecule has 1 amide bonds. The number of rotatable bonds is 10. The molecule has 5 nitrogen and oxygen atoms in total. The highest BCUT2D eigenvalue weighted by Crippen LogP contribution is 2.07. The lowest BCUT2D eigenvalue weighted by molar-refractivity contribution is -0.124. The molecule has 0 aliphatic heterocycles. The van der Waals surface area contributed by atoms with E-state index in [0.29, 0.717) is 39.3 Å². The molecule has 3 N–H and O–H groups in total. The van der Waals surface area contributed by atoms with Gasteiger partial charge in [0.15, 0.2) is 0 Å². The molecule has 112 valence electrons. The van der Waals surface area contributed by atoms with Crippen LogP contribution in [0.3, 0.4) is 0 Å². The Morgan fingerprint density at radius 1 is 1.25 bits per heavy atom. The maximum Gasteiger partial charge on any atom is 0.224 e. The topological polar surface area (TPSA) is 73.6 Å². The largest absolute Gasteiger partial charge is 0.382 e. The van der Waals surface area contributed by atoms with Gasteiger partial charge in [0, 0.05) is 20.2 Å². The summed E-state index contributed by atoms with van der Waals surface area (Å²) in [6, 6.07) is 9.89. The van der Waals surface area contributed by atoms with Crippen molar-refractivity contribution in [1.29, 1.82) is 0 Å². The van der Waals surface area contributed by atoms with E-state index >= 15 is 0 Å². The molecule has 0 saturated heterocycles. The molecule has 0 bridgehead atoms. The van der Waals surface area contributed by atoms with E-state index in [2.05, 4.69) is 5.32 Å². The molecular weight excluding hydrogens is 256 g/mol. The minimum atomic E-state index is -0.198. The highest BCUT2D eigenvalue weighted by Gasteiger charge is 2.16. The van der Waals surface area contributed by atoms with Crippen LogP contribution in [-0.2, 0) is 20.7 Å². The number of nitrogens with one attached hydrogen (secondary N) is 1. The molecule has 0 aliphatic rings. The summed E-state index contributed by atoms with van der Waals surface area (Å²) in [6.45, 7) is 2.42. The summed E-state index contributed by atoms with van der Waals surface area (Å²) in [5.41, 5.74) is 6.80. The number of amides is 1. The minimum absolute atomic E-state index is 0.0216. The number of hydrogen-bond acceptors (Lipinski definition) is 4. The van der Waals surface area contributed by atoms with Crippen LogP contribution in [0.15, 0.2) is 30.3 Å². The van der Waals surface area contributed by atoms with Gasteiger partial charge in [-0.25, -0.2) is 0 Å². The van der Waals surface area contributed by atoms with Gasteiger partial charge in [-0.05, 0) is 12.0 Å². The van der Waals surface area contributed by atoms with Crippen molar-refractivity contribution < 1.29 is 14.3 Å². The van der Waals surface area contributed by atoms with E-state index in [0.717, 1.165) is 5.56 Å². The van der Waals surface area contributed by atoms with Crippen molar-refractivity contribution in [2.75, 3.05) is 40.0 Å². The average molecular weight is 280 g/mol. The first-order chi connectivity index (χ1) is 9.77. The summed E-state index contributed by atoms with van der Waals surface area (Å²) in [4.78, 5) is 12.0. The van der Waals surface area contributed by atoms with Crippen LogP contribution in [-0.4, -0.2) is 45.9 Å². The SMILES string of the molecule is COCCOCCNC(=O)C(CN)Cc1ccccc1. The molecule has 1 rings (SSSR count). The van der Waals surface area contributed by atoms with Crippen molar-refractivity contribution in [3.05, 3.63) is 35.9 Å². The van der Waals surface area contributed by atoms with Crippen LogP contribution in [0.2, 0.25) is 0 Å². The first-order valence-electron chi connectivity index (χ1n) is 6.86. The molecule has 0 fully saturated rings. The molecule has 1 unspecified atom stereocenters. The summed E-state index contributed by atoms with van der Waals surface area (Å²) < 4.78 is 10.1. The highest BCUT2D eigenvalue weighted by atomic mass is 16.5. The van der Waals surface area contributed by atoms with Crippen molar-refractivity contribution in [3.63, 3.8) is 0 Å². The van der Waals surface area contributed by atoms with Crippen LogP contribution in [0.1, 0.15) is 5.56 Å². The number of ether oxygens (including phenoxy) is 2. The predicted octanol–water partition coefficient (Wildman–Crippen LogP) is 0.583. The van der Waals surface area contributed by atoms with Crippen LogP contribution in [0.25, 0.3) is 0 Å². The van der Waals surface area contributed by atoms with Crippen LogP contribution < -0.4 is 11.1 Å². The Bertz CT molecular complexity index is 371. The first-order valence-corrected chi connectivity index (χ1v) is 6.86. The van der Waals surface area contributed by atoms with E-state index in [4.69, 9.17) is 15.2 Å². The molecule has 5 heteroatoms. The number of hydrogen-bond donors (Lipinski definition) is 2. The summed E-state index contributed by atoms with van der Waals surface area (Å²) in [7, 11) is 1.63. The van der Waals surface area contributed by atoms with Gasteiger partial charge in [0.1, 0.15) is 0 Å². The van der Waals surface area contributed by atoms with E-state index < -0.39 is 0 Å². The lowest BCUT2D eigenvalue weighted by atomic mass is 9.98. The van der Waals surface area contributed by atoms with Gasteiger partial charge in [-0.1, -0.05) is 30.3 Å². The van der Waals surface area contributed by atoms with Crippen molar-refractivity contribution >= 4 is 5.91 Å². The van der Waals surface area contributed by atoms with E-state index in [1.54, 1.807) is 7.11 Å². The molecule has 20 heavy (non-hydrogen) atoms. The standard InChI is InChI=1S/C15H24N2O3/c1-19-9-10-20-8-7-17-15(18)14(12-16)11-13-5-3-2-4-6-13/h2-6,14H,7-12,16H2,1H3,(H,17,18). The van der Waals surface area contributed by atoms with Crippen molar-refractivity contribution in [3.8, 4) is 0 Å². The monoisotopic (exact) mass is 280 g/mol. The van der Waals surface area contributed by atoms with Gasteiger partial charge in [-0.2, -0.15) is 0 Å². The van der Waals surface area contributed by atoms with E-state index in [1.807, 2.05) is 30.3 Å². The fraction of sp³-hybridized carbons (Fsp3) is 0.533. The van der Waals surface area contributed by atoms with E-state index in [-0.39, 0.29) is 11.8 Å². The Labute approximate surface area is 120 Å². The van der Waals surface area contributed by atoms with Gasteiger partial charge in [0.2, 0.25) is 5.91 Å². The zero-order valence-electron chi connectivity index (χ0n) is 12.0. The summed E-state index contributed by atoms with van der Waals surface area (Å²) in [6.07, 6.45) is 0.660. The second kappa shape index (κ2) is 10.4. The van der Waals surface area contributed by atoms with Crippen LogP contribution in [0, 0.1) is 5.92 Å². The minimum Gasteiger partial charge on any atom is -0.382 e. The Balaban J connectivity index is 2.25. The van der Waals surface area contributed by atoms with E-state index in [1.165, 1.54) is 0 Å². The lowest BCUT2D eigenvalue weighted by Crippen LogP contribution is -2.38. The zero-order chi connectivity index (χ0) is 14.6. The third-order valence-electron chi connectivity index (χ3n) is 2.96. The Morgan fingerprint density at radius 2 is 2.00 bits per heavy atom. The van der Waals surface area contributed by atoms with Gasteiger partial charge in [0.05, 0.1) is 25.7 Å². The normalized spacial score (nSPS) is 12.1. The zero-order valence-corrected chi connectivity index (χ0v) is 12.0. The second-order valence-corrected chi connectivity index (χ2v) is 4.52. The Morgan fingerprint density at radius 3 is 2.65 bits per heavy atom. The molecular formula is C15H24N2O3. The smallest absolute Gasteiger partial charge is 0.224 e. The summed E-state index contributed by atoms with van der Waals surface area (Å²) >= 11 is 0. The van der Waals surface area contributed by atoms with Crippen LogP contribution in [0.4, 0.5) is 0 Å². The maximum absolute atomic E-state index is 12.0. The number of carbonyl (C=O) groups excluding carboxylic acids is 1. The molecule has 0 saturated carbocycles. The van der Waals surface area contributed by atoms with Gasteiger partial charge in [-0.3, -0.25) is 4.79 Å². The maximum atomic E-state index is 12.0. The predicted molar refractivity (Wildman–Crippen MR) is 78.4 cm³/mol. The number of methoxy groups -OCH3 is 1. The molecule has 0 spiro atoms. The van der Waals surface area contributed by atoms with Crippen LogP contribution in [0.5, 0.6) is 0 Å². The van der Waals surface area contributed by atoms with Gasteiger partial charge >= 0.3 is 0 Å². The van der Waals surface area contributed by atoms with Gasteiger partial charge in [-0.15, -0.1) is 0 Å². The van der Waals surface area contributed by atoms with Crippen molar-refractivity contribution in [2.24, 2.45) is 11.7 Å². The second-order valence-electron chi connectivity index (χ2n) is 4.52. The number of nitrogens with two attached hydrogens (primary N) is 1. The Hall–Kier alpha value is -1.43. The number of benzene rings is 1. The lowest BCUT2D eigenvalue weighted by Gasteiger charge is -2.15. The van der Waals surface area contributed by atoms with Crippen molar-refractivity contribution in [1.82, 2.24) is 5.32 Å². The molecule has 0 aromatic heterocycles. The molecule has 0 heterocycles. The highest BCUT2D eigenvalue weighted by molar-refractivity contribution is 5.79. The fourth-order valence-corrected chi connectivity index (χ4v) is 1.82.